The molecule has 0 aliphatic heterocycles. The van der Waals surface area contributed by atoms with Gasteiger partial charge in [-0.1, -0.05) is 26.2 Å². The number of esters is 1. The third kappa shape index (κ3) is 7.25. The Morgan fingerprint density at radius 2 is 1.90 bits per heavy atom. The zero-order chi connectivity index (χ0) is 15.7. The summed E-state index contributed by atoms with van der Waals surface area (Å²) in [6, 6.07) is 0. The van der Waals surface area contributed by atoms with Crippen molar-refractivity contribution in [2.24, 2.45) is 5.41 Å². The van der Waals surface area contributed by atoms with Gasteiger partial charge in [-0.15, -0.1) is 0 Å². The number of rotatable bonds is 9. The summed E-state index contributed by atoms with van der Waals surface area (Å²) in [4.78, 5) is 11.7. The average molecular weight is 302 g/mol. The smallest absolute Gasteiger partial charge is 0.311 e. The second-order valence-electron chi connectivity index (χ2n) is 6.41. The van der Waals surface area contributed by atoms with Gasteiger partial charge in [0.15, 0.2) is 0 Å². The molecule has 5 nitrogen and oxygen atoms in total. The predicted molar refractivity (Wildman–Crippen MR) is 79.8 cm³/mol. The van der Waals surface area contributed by atoms with E-state index in [4.69, 9.17) is 14.2 Å². The Bertz CT molecular complexity index is 297. The van der Waals surface area contributed by atoms with Gasteiger partial charge < -0.3 is 19.3 Å². The molecule has 1 atom stereocenters. The van der Waals surface area contributed by atoms with Gasteiger partial charge in [0.1, 0.15) is 19.5 Å². The summed E-state index contributed by atoms with van der Waals surface area (Å²) in [6.07, 6.45) is 6.10. The first-order valence-corrected chi connectivity index (χ1v) is 8.00. The van der Waals surface area contributed by atoms with Gasteiger partial charge in [-0.2, -0.15) is 0 Å². The van der Waals surface area contributed by atoms with Gasteiger partial charge in [0, 0.05) is 0 Å². The van der Waals surface area contributed by atoms with Crippen LogP contribution in [0, 0.1) is 5.41 Å². The molecule has 0 aromatic carbocycles. The second-order valence-corrected chi connectivity index (χ2v) is 6.41. The lowest BCUT2D eigenvalue weighted by atomic mass is 9.91. The summed E-state index contributed by atoms with van der Waals surface area (Å²) in [5.41, 5.74) is -0.509. The summed E-state index contributed by atoms with van der Waals surface area (Å²) in [5, 5.41) is 9.72. The summed E-state index contributed by atoms with van der Waals surface area (Å²) >= 11 is 0. The van der Waals surface area contributed by atoms with E-state index in [-0.39, 0.29) is 26.0 Å². The first-order valence-electron chi connectivity index (χ1n) is 8.00. The molecule has 0 aromatic rings. The predicted octanol–water partition coefficient (Wildman–Crippen LogP) is 2.65. The van der Waals surface area contributed by atoms with Crippen molar-refractivity contribution in [3.8, 4) is 0 Å². The number of aliphatic hydroxyl groups excluding tert-OH is 1. The summed E-state index contributed by atoms with van der Waals surface area (Å²) < 4.78 is 16.0. The topological polar surface area (TPSA) is 65.0 Å². The molecular formula is C16H30O5. The Morgan fingerprint density at radius 1 is 1.24 bits per heavy atom. The standard InChI is InChI=1S/C16H30O5/c1-4-16(2,3)15(18)20-11-13(17)10-19-12-21-14-8-6-5-7-9-14/h13-14,17H,4-12H2,1-3H3. The maximum absolute atomic E-state index is 11.7. The number of aliphatic hydroxyl groups is 1. The molecule has 0 heterocycles. The molecule has 0 spiro atoms. The highest BCUT2D eigenvalue weighted by atomic mass is 16.7. The SMILES string of the molecule is CCC(C)(C)C(=O)OCC(O)COCOC1CCCCC1. The van der Waals surface area contributed by atoms with E-state index in [1.54, 1.807) is 0 Å². The first-order chi connectivity index (χ1) is 9.95. The zero-order valence-corrected chi connectivity index (χ0v) is 13.6. The van der Waals surface area contributed by atoms with E-state index in [1.807, 2.05) is 20.8 Å². The van der Waals surface area contributed by atoms with Gasteiger partial charge in [-0.25, -0.2) is 0 Å². The van der Waals surface area contributed by atoms with Crippen LogP contribution in [0.25, 0.3) is 0 Å². The van der Waals surface area contributed by atoms with Gasteiger partial charge >= 0.3 is 5.97 Å². The highest BCUT2D eigenvalue weighted by Gasteiger charge is 2.27. The van der Waals surface area contributed by atoms with Gasteiger partial charge in [-0.3, -0.25) is 4.79 Å². The molecule has 21 heavy (non-hydrogen) atoms. The molecule has 1 N–H and O–H groups in total. The van der Waals surface area contributed by atoms with Crippen LogP contribution >= 0.6 is 0 Å². The molecular weight excluding hydrogens is 272 g/mol. The molecule has 1 aliphatic carbocycles. The minimum absolute atomic E-state index is 0.0360. The van der Waals surface area contributed by atoms with Gasteiger partial charge in [0.05, 0.1) is 18.1 Å². The quantitative estimate of drug-likeness (QED) is 0.403. The molecule has 0 amide bonds. The highest BCUT2D eigenvalue weighted by Crippen LogP contribution is 2.21. The molecule has 0 radical (unpaired) electrons. The first kappa shape index (κ1) is 18.4. The monoisotopic (exact) mass is 302 g/mol. The van der Waals surface area contributed by atoms with Gasteiger partial charge in [-0.05, 0) is 33.1 Å². The van der Waals surface area contributed by atoms with Gasteiger partial charge in [0.25, 0.3) is 0 Å². The van der Waals surface area contributed by atoms with Crippen molar-refractivity contribution in [3.05, 3.63) is 0 Å². The zero-order valence-electron chi connectivity index (χ0n) is 13.6. The summed E-state index contributed by atoms with van der Waals surface area (Å²) in [6.45, 7) is 5.87. The fourth-order valence-corrected chi connectivity index (χ4v) is 2.12. The third-order valence-electron chi connectivity index (χ3n) is 4.09. The largest absolute Gasteiger partial charge is 0.462 e. The molecule has 1 fully saturated rings. The molecule has 1 unspecified atom stereocenters. The van der Waals surface area contributed by atoms with E-state index in [9.17, 15) is 9.90 Å². The van der Waals surface area contributed by atoms with Crippen molar-refractivity contribution in [1.82, 2.24) is 0 Å². The normalized spacial score (nSPS) is 18.5. The van der Waals surface area contributed by atoms with Gasteiger partial charge in [0.2, 0.25) is 0 Å². The lowest BCUT2D eigenvalue weighted by molar-refractivity contribution is -0.160. The lowest BCUT2D eigenvalue weighted by Crippen LogP contribution is -2.31. The summed E-state index contributed by atoms with van der Waals surface area (Å²) in [7, 11) is 0. The molecule has 1 saturated carbocycles. The number of carbonyl (C=O) groups is 1. The fourth-order valence-electron chi connectivity index (χ4n) is 2.12. The molecule has 1 aliphatic rings. The number of hydrogen-bond donors (Lipinski definition) is 1. The van der Waals surface area contributed by atoms with Crippen LogP contribution in [0.15, 0.2) is 0 Å². The van der Waals surface area contributed by atoms with Crippen LogP contribution < -0.4 is 0 Å². The lowest BCUT2D eigenvalue weighted by Gasteiger charge is -2.23. The molecule has 124 valence electrons. The van der Waals surface area contributed by atoms with E-state index >= 15 is 0 Å². The number of hydrogen-bond acceptors (Lipinski definition) is 5. The third-order valence-corrected chi connectivity index (χ3v) is 4.09. The molecule has 1 rings (SSSR count). The molecule has 5 heteroatoms. The van der Waals surface area contributed by atoms with Crippen molar-refractivity contribution in [1.29, 1.82) is 0 Å². The molecule has 0 bridgehead atoms. The van der Waals surface area contributed by atoms with E-state index in [1.165, 1.54) is 19.3 Å². The van der Waals surface area contributed by atoms with E-state index in [0.717, 1.165) is 12.8 Å². The Kier molecular flexibility index (Phi) is 8.22. The Labute approximate surface area is 128 Å². The van der Waals surface area contributed by atoms with Crippen molar-refractivity contribution in [2.75, 3.05) is 20.0 Å². The second kappa shape index (κ2) is 9.38. The van der Waals surface area contributed by atoms with Crippen molar-refractivity contribution in [3.63, 3.8) is 0 Å². The Hall–Kier alpha value is -0.650. The fraction of sp³-hybridized carbons (Fsp3) is 0.938. The van der Waals surface area contributed by atoms with Crippen LogP contribution in [0.1, 0.15) is 59.3 Å². The number of carbonyl (C=O) groups excluding carboxylic acids is 1. The van der Waals surface area contributed by atoms with E-state index in [2.05, 4.69) is 0 Å². The van der Waals surface area contributed by atoms with E-state index < -0.39 is 11.5 Å². The number of ether oxygens (including phenoxy) is 3. The van der Waals surface area contributed by atoms with Crippen LogP contribution in [0.5, 0.6) is 0 Å². The van der Waals surface area contributed by atoms with Crippen molar-refractivity contribution >= 4 is 5.97 Å². The van der Waals surface area contributed by atoms with Crippen LogP contribution in [0.3, 0.4) is 0 Å². The minimum atomic E-state index is -0.809. The van der Waals surface area contributed by atoms with Crippen LogP contribution in [0.4, 0.5) is 0 Å². The Balaban J connectivity index is 2.05. The van der Waals surface area contributed by atoms with Crippen molar-refractivity contribution < 1.29 is 24.1 Å². The summed E-state index contributed by atoms with van der Waals surface area (Å²) in [5.74, 6) is -0.289. The van der Waals surface area contributed by atoms with Crippen LogP contribution in [-0.4, -0.2) is 43.3 Å². The maximum Gasteiger partial charge on any atom is 0.311 e. The maximum atomic E-state index is 11.7. The molecule has 0 saturated heterocycles. The van der Waals surface area contributed by atoms with Crippen molar-refractivity contribution in [2.45, 2.75) is 71.5 Å². The minimum Gasteiger partial charge on any atom is -0.462 e. The van der Waals surface area contributed by atoms with Crippen LogP contribution in [-0.2, 0) is 19.0 Å². The molecule has 0 aromatic heterocycles. The highest BCUT2D eigenvalue weighted by molar-refractivity contribution is 5.75. The average Bonchev–Trinajstić information content (AvgIpc) is 2.50. The van der Waals surface area contributed by atoms with E-state index in [0.29, 0.717) is 12.5 Å². The van der Waals surface area contributed by atoms with Crippen LogP contribution in [0.2, 0.25) is 0 Å². The Morgan fingerprint density at radius 3 is 2.52 bits per heavy atom.